The van der Waals surface area contributed by atoms with Gasteiger partial charge in [-0.2, -0.15) is 0 Å². The molecule has 0 unspecified atom stereocenters. The number of hydrogen-bond donors (Lipinski definition) is 0. The second-order valence-corrected chi connectivity index (χ2v) is 3.21. The molecule has 1 nitrogen and oxygen atoms in total. The highest BCUT2D eigenvalue weighted by Gasteiger charge is 1.94. The van der Waals surface area contributed by atoms with Crippen LogP contribution in [0.3, 0.4) is 0 Å². The lowest BCUT2D eigenvalue weighted by Gasteiger charge is -2.01. The van der Waals surface area contributed by atoms with Gasteiger partial charge in [0.05, 0.1) is 0 Å². The zero-order chi connectivity index (χ0) is 11.0. The highest BCUT2D eigenvalue weighted by molar-refractivity contribution is 5.98. The first kappa shape index (κ1) is 12.9. The van der Waals surface area contributed by atoms with Crippen LogP contribution in [-0.2, 0) is 0 Å². The van der Waals surface area contributed by atoms with Crippen molar-refractivity contribution in [1.29, 1.82) is 0 Å². The van der Waals surface area contributed by atoms with Gasteiger partial charge in [-0.25, -0.2) is 0 Å². The monoisotopic (exact) mass is 191 g/mol. The van der Waals surface area contributed by atoms with Crippen LogP contribution < -0.4 is 0 Å². The summed E-state index contributed by atoms with van der Waals surface area (Å²) in [6, 6.07) is 0. The second-order valence-electron chi connectivity index (χ2n) is 3.21. The molecule has 0 spiro atoms. The number of nitrogens with zero attached hydrogens (tertiary/aromatic N) is 1. The zero-order valence-corrected chi connectivity index (χ0v) is 9.96. The lowest BCUT2D eigenvalue weighted by molar-refractivity contribution is 1.06. The Balaban J connectivity index is 4.68. The Bertz CT molecular complexity index is 278. The molecule has 0 aliphatic rings. The van der Waals surface area contributed by atoms with E-state index in [1.807, 2.05) is 26.0 Å². The second kappa shape index (κ2) is 7.31. The van der Waals surface area contributed by atoms with Crippen molar-refractivity contribution in [2.24, 2.45) is 4.99 Å². The lowest BCUT2D eigenvalue weighted by atomic mass is 10.2. The Morgan fingerprint density at radius 2 is 1.86 bits per heavy atom. The van der Waals surface area contributed by atoms with Crippen molar-refractivity contribution in [1.82, 2.24) is 0 Å². The minimum absolute atomic E-state index is 0.991. The number of hydrogen-bond acceptors (Lipinski definition) is 1. The highest BCUT2D eigenvalue weighted by Crippen LogP contribution is 2.06. The molecule has 0 saturated carbocycles. The predicted octanol–water partition coefficient (Wildman–Crippen LogP) is 4.28. The van der Waals surface area contributed by atoms with E-state index in [9.17, 15) is 0 Å². The number of rotatable bonds is 4. The predicted molar refractivity (Wildman–Crippen MR) is 65.7 cm³/mol. The van der Waals surface area contributed by atoms with Gasteiger partial charge in [0.15, 0.2) is 0 Å². The van der Waals surface area contributed by atoms with Crippen LogP contribution in [0.4, 0.5) is 0 Å². The van der Waals surface area contributed by atoms with Gasteiger partial charge in [-0.3, -0.25) is 4.99 Å². The largest absolute Gasteiger partial charge is 0.258 e. The molecule has 14 heavy (non-hydrogen) atoms. The molecule has 0 saturated heterocycles. The third-order valence-corrected chi connectivity index (χ3v) is 2.12. The Labute approximate surface area is 87.9 Å². The highest BCUT2D eigenvalue weighted by atomic mass is 14.7. The first-order valence-electron chi connectivity index (χ1n) is 5.16. The summed E-state index contributed by atoms with van der Waals surface area (Å²) in [4.78, 5) is 4.54. The van der Waals surface area contributed by atoms with Crippen LogP contribution in [0.1, 0.15) is 41.0 Å². The molecule has 0 heterocycles. The van der Waals surface area contributed by atoms with Gasteiger partial charge in [0, 0.05) is 11.4 Å². The van der Waals surface area contributed by atoms with Crippen LogP contribution >= 0.6 is 0 Å². The first-order chi connectivity index (χ1) is 6.65. The molecule has 0 N–H and O–H groups in total. The molecule has 0 atom stereocenters. The summed E-state index contributed by atoms with van der Waals surface area (Å²) >= 11 is 0. The Morgan fingerprint density at radius 3 is 2.29 bits per heavy atom. The minimum atomic E-state index is 0.991. The average molecular weight is 191 g/mol. The van der Waals surface area contributed by atoms with Crippen LogP contribution in [0.15, 0.2) is 40.6 Å². The van der Waals surface area contributed by atoms with Gasteiger partial charge in [-0.05, 0) is 39.7 Å². The molecule has 0 aliphatic heterocycles. The van der Waals surface area contributed by atoms with Gasteiger partial charge in [-0.1, -0.05) is 31.2 Å². The maximum atomic E-state index is 4.54. The van der Waals surface area contributed by atoms with Crippen molar-refractivity contribution in [2.75, 3.05) is 0 Å². The van der Waals surface area contributed by atoms with Crippen LogP contribution in [0, 0.1) is 0 Å². The molecule has 1 heteroatoms. The molecule has 0 radical (unpaired) electrons. The SMILES string of the molecule is C\C=C/C=C(C)/C(C)=N/C(=C\C)CC. The van der Waals surface area contributed by atoms with E-state index in [1.165, 1.54) is 5.57 Å². The van der Waals surface area contributed by atoms with Crippen molar-refractivity contribution in [3.05, 3.63) is 35.6 Å². The molecule has 0 rings (SSSR count). The summed E-state index contributed by atoms with van der Waals surface area (Å²) in [6.45, 7) is 10.3. The Hall–Kier alpha value is -1.11. The summed E-state index contributed by atoms with van der Waals surface area (Å²) in [7, 11) is 0. The van der Waals surface area contributed by atoms with Gasteiger partial charge in [0.1, 0.15) is 0 Å². The maximum absolute atomic E-state index is 4.54. The van der Waals surface area contributed by atoms with Crippen LogP contribution in [0.5, 0.6) is 0 Å². The zero-order valence-electron chi connectivity index (χ0n) is 9.96. The topological polar surface area (TPSA) is 12.4 Å². The fraction of sp³-hybridized carbons (Fsp3) is 0.462. The van der Waals surface area contributed by atoms with E-state index in [0.717, 1.165) is 17.8 Å². The van der Waals surface area contributed by atoms with Gasteiger partial charge >= 0.3 is 0 Å². The third-order valence-electron chi connectivity index (χ3n) is 2.12. The first-order valence-corrected chi connectivity index (χ1v) is 5.16. The summed E-state index contributed by atoms with van der Waals surface area (Å²) in [5, 5.41) is 0. The van der Waals surface area contributed by atoms with Gasteiger partial charge in [-0.15, -0.1) is 0 Å². The number of allylic oxidation sites excluding steroid dienone is 6. The molecule has 0 amide bonds. The van der Waals surface area contributed by atoms with Crippen molar-refractivity contribution < 1.29 is 0 Å². The standard InChI is InChI=1S/C13H21N/c1-6-9-10-11(4)12(5)14-13(7-2)8-3/h6-7,9-10H,8H2,1-5H3/b9-6-,11-10+,13-7-,14-12+. The fourth-order valence-electron chi connectivity index (χ4n) is 1.01. The fourth-order valence-corrected chi connectivity index (χ4v) is 1.01. The molecule has 0 aromatic heterocycles. The van der Waals surface area contributed by atoms with Crippen molar-refractivity contribution in [3.63, 3.8) is 0 Å². The molecular formula is C13H21N. The van der Waals surface area contributed by atoms with Gasteiger partial charge < -0.3 is 0 Å². The third kappa shape index (κ3) is 4.80. The molecule has 0 aromatic carbocycles. The van der Waals surface area contributed by atoms with Crippen LogP contribution in [-0.4, -0.2) is 5.71 Å². The molecular weight excluding hydrogens is 170 g/mol. The molecule has 0 fully saturated rings. The van der Waals surface area contributed by atoms with Crippen LogP contribution in [0.2, 0.25) is 0 Å². The van der Waals surface area contributed by atoms with E-state index in [0.29, 0.717) is 0 Å². The van der Waals surface area contributed by atoms with Crippen molar-refractivity contribution in [3.8, 4) is 0 Å². The molecule has 0 bridgehead atoms. The Morgan fingerprint density at radius 1 is 1.21 bits per heavy atom. The van der Waals surface area contributed by atoms with Crippen molar-refractivity contribution >= 4 is 5.71 Å². The van der Waals surface area contributed by atoms with Crippen molar-refractivity contribution in [2.45, 2.75) is 41.0 Å². The summed E-state index contributed by atoms with van der Waals surface area (Å²) < 4.78 is 0. The quantitative estimate of drug-likeness (QED) is 0.464. The minimum Gasteiger partial charge on any atom is -0.258 e. The maximum Gasteiger partial charge on any atom is 0.0404 e. The molecule has 0 aliphatic carbocycles. The van der Waals surface area contributed by atoms with E-state index in [-0.39, 0.29) is 0 Å². The van der Waals surface area contributed by atoms with E-state index in [2.05, 4.69) is 37.9 Å². The smallest absolute Gasteiger partial charge is 0.0404 e. The van der Waals surface area contributed by atoms with E-state index in [4.69, 9.17) is 0 Å². The van der Waals surface area contributed by atoms with E-state index < -0.39 is 0 Å². The van der Waals surface area contributed by atoms with E-state index >= 15 is 0 Å². The molecule has 78 valence electrons. The van der Waals surface area contributed by atoms with Crippen LogP contribution in [0.25, 0.3) is 0 Å². The number of aliphatic imine (C=N–C) groups is 1. The lowest BCUT2D eigenvalue weighted by Crippen LogP contribution is -1.94. The van der Waals surface area contributed by atoms with E-state index in [1.54, 1.807) is 0 Å². The summed E-state index contributed by atoms with van der Waals surface area (Å²) in [5.41, 5.74) is 3.46. The normalized spacial score (nSPS) is 15.4. The molecule has 0 aromatic rings. The van der Waals surface area contributed by atoms with Gasteiger partial charge in [0.2, 0.25) is 0 Å². The van der Waals surface area contributed by atoms with Gasteiger partial charge in [0.25, 0.3) is 0 Å². The summed E-state index contributed by atoms with van der Waals surface area (Å²) in [6.07, 6.45) is 9.20. The Kier molecular flexibility index (Phi) is 6.73. The summed E-state index contributed by atoms with van der Waals surface area (Å²) in [5.74, 6) is 0. The average Bonchev–Trinajstić information content (AvgIpc) is 2.21.